The molecule has 2 heterocycles. The van der Waals surface area contributed by atoms with E-state index in [0.717, 1.165) is 65.0 Å². The van der Waals surface area contributed by atoms with Gasteiger partial charge in [-0.1, -0.05) is 69.2 Å². The van der Waals surface area contributed by atoms with Crippen LogP contribution < -0.4 is 10.6 Å². The van der Waals surface area contributed by atoms with E-state index in [-0.39, 0.29) is 27.7 Å². The number of carbonyl (C=O) groups excluding carboxylic acids is 1. The number of hydrogen-bond donors (Lipinski definition) is 2. The smallest absolute Gasteiger partial charge is 0.314 e. The van der Waals surface area contributed by atoms with E-state index in [1.54, 1.807) is 0 Å². The van der Waals surface area contributed by atoms with E-state index in [1.165, 1.54) is 11.7 Å². The first-order chi connectivity index (χ1) is 16.5. The second-order valence-electron chi connectivity index (χ2n) is 14.5. The van der Waals surface area contributed by atoms with Gasteiger partial charge in [-0.05, 0) is 36.5 Å². The summed E-state index contributed by atoms with van der Waals surface area (Å²) in [6, 6.07) is -0.0936. The standard InChI is InChI=1S/C29H56N6O/c1-26(2,3)21-28(7,8)23-30-13-11-17-34(23)19-15-32-25(36)33-16-20-35-18-12-14-31-24(35)29(9,10)22-27(4,5)6/h11-22H2,1-10H3,(H2,32,33,36). The molecule has 0 spiro atoms. The van der Waals surface area contributed by atoms with Crippen LogP contribution in [-0.2, 0) is 0 Å². The molecule has 7 nitrogen and oxygen atoms in total. The molecule has 0 radical (unpaired) electrons. The third kappa shape index (κ3) is 9.93. The minimum Gasteiger partial charge on any atom is -0.358 e. The van der Waals surface area contributed by atoms with E-state index >= 15 is 0 Å². The fourth-order valence-corrected chi connectivity index (χ4v) is 6.51. The minimum absolute atomic E-state index is 0.0232. The van der Waals surface area contributed by atoms with Gasteiger partial charge < -0.3 is 20.4 Å². The predicted molar refractivity (Wildman–Crippen MR) is 154 cm³/mol. The Morgan fingerprint density at radius 1 is 0.694 bits per heavy atom. The first-order valence-corrected chi connectivity index (χ1v) is 14.1. The van der Waals surface area contributed by atoms with Crippen LogP contribution in [-0.4, -0.2) is 79.9 Å². The molecule has 0 aromatic rings. The van der Waals surface area contributed by atoms with Gasteiger partial charge in [-0.3, -0.25) is 9.98 Å². The molecule has 208 valence electrons. The molecule has 0 unspecified atom stereocenters. The maximum atomic E-state index is 12.5. The van der Waals surface area contributed by atoms with Crippen LogP contribution in [0, 0.1) is 21.7 Å². The van der Waals surface area contributed by atoms with Gasteiger partial charge in [-0.2, -0.15) is 0 Å². The second kappa shape index (κ2) is 12.2. The molecule has 2 aliphatic heterocycles. The molecule has 0 fully saturated rings. The summed E-state index contributed by atoms with van der Waals surface area (Å²) in [7, 11) is 0. The van der Waals surface area contributed by atoms with Crippen LogP contribution in [0.1, 0.15) is 94.9 Å². The fourth-order valence-electron chi connectivity index (χ4n) is 6.51. The number of hydrogen-bond acceptors (Lipinski definition) is 5. The normalized spacial score (nSPS) is 18.1. The van der Waals surface area contributed by atoms with Crippen LogP contribution in [0.25, 0.3) is 0 Å². The van der Waals surface area contributed by atoms with Gasteiger partial charge in [0.1, 0.15) is 11.7 Å². The van der Waals surface area contributed by atoms with Crippen LogP contribution >= 0.6 is 0 Å². The van der Waals surface area contributed by atoms with Crippen molar-refractivity contribution >= 4 is 17.7 Å². The Morgan fingerprint density at radius 2 is 1.06 bits per heavy atom. The highest BCUT2D eigenvalue weighted by Gasteiger charge is 2.35. The van der Waals surface area contributed by atoms with Crippen LogP contribution in [0.15, 0.2) is 9.98 Å². The Kier molecular flexibility index (Phi) is 10.3. The Hall–Kier alpha value is -1.79. The summed E-state index contributed by atoms with van der Waals surface area (Å²) in [4.78, 5) is 27.1. The summed E-state index contributed by atoms with van der Waals surface area (Å²) in [6.07, 6.45) is 4.31. The van der Waals surface area contributed by atoms with Crippen LogP contribution in [0.3, 0.4) is 0 Å². The zero-order valence-electron chi connectivity index (χ0n) is 25.2. The number of nitrogens with one attached hydrogen (secondary N) is 2. The zero-order chi connectivity index (χ0) is 27.2. The van der Waals surface area contributed by atoms with Crippen LogP contribution in [0.2, 0.25) is 0 Å². The van der Waals surface area contributed by atoms with Crippen molar-refractivity contribution in [1.82, 2.24) is 20.4 Å². The molecule has 2 N–H and O–H groups in total. The van der Waals surface area contributed by atoms with E-state index in [4.69, 9.17) is 9.98 Å². The van der Waals surface area contributed by atoms with Crippen molar-refractivity contribution in [3.8, 4) is 0 Å². The molecule has 2 aliphatic rings. The summed E-state index contributed by atoms with van der Waals surface area (Å²) in [6.45, 7) is 29.6. The topological polar surface area (TPSA) is 72.3 Å². The lowest BCUT2D eigenvalue weighted by atomic mass is 9.74. The van der Waals surface area contributed by atoms with E-state index in [9.17, 15) is 4.79 Å². The van der Waals surface area contributed by atoms with Crippen molar-refractivity contribution in [2.24, 2.45) is 31.6 Å². The van der Waals surface area contributed by atoms with Crippen molar-refractivity contribution in [3.63, 3.8) is 0 Å². The molecule has 2 rings (SSSR count). The molecule has 0 aromatic heterocycles. The van der Waals surface area contributed by atoms with Gasteiger partial charge in [-0.15, -0.1) is 0 Å². The van der Waals surface area contributed by atoms with Gasteiger partial charge in [0.05, 0.1) is 0 Å². The average molecular weight is 505 g/mol. The van der Waals surface area contributed by atoms with Gasteiger partial charge in [0.25, 0.3) is 0 Å². The number of carbonyl (C=O) groups is 1. The average Bonchev–Trinajstić information content (AvgIpc) is 2.71. The number of rotatable bonds is 10. The molecule has 7 heteroatoms. The van der Waals surface area contributed by atoms with E-state index in [0.29, 0.717) is 13.1 Å². The molecular formula is C29H56N6O. The highest BCUT2D eigenvalue weighted by atomic mass is 16.2. The first kappa shape index (κ1) is 30.4. The quantitative estimate of drug-likeness (QED) is 0.417. The first-order valence-electron chi connectivity index (χ1n) is 14.1. The molecule has 0 saturated heterocycles. The maximum absolute atomic E-state index is 12.5. The fraction of sp³-hybridized carbons (Fsp3) is 0.897. The second-order valence-corrected chi connectivity index (χ2v) is 14.5. The highest BCUT2D eigenvalue weighted by Crippen LogP contribution is 2.37. The number of nitrogens with zero attached hydrogens (tertiary/aromatic N) is 4. The van der Waals surface area contributed by atoms with Crippen molar-refractivity contribution in [2.75, 3.05) is 52.4 Å². The lowest BCUT2D eigenvalue weighted by Gasteiger charge is -2.41. The molecule has 36 heavy (non-hydrogen) atoms. The lowest BCUT2D eigenvalue weighted by molar-refractivity contribution is 0.232. The third-order valence-electron chi connectivity index (χ3n) is 6.78. The lowest BCUT2D eigenvalue weighted by Crippen LogP contribution is -2.50. The number of aliphatic imine (C=N–C) groups is 2. The van der Waals surface area contributed by atoms with Gasteiger partial charge >= 0.3 is 6.03 Å². The molecule has 2 amide bonds. The van der Waals surface area contributed by atoms with Gasteiger partial charge in [0.2, 0.25) is 0 Å². The van der Waals surface area contributed by atoms with Gasteiger partial charge in [-0.25, -0.2) is 4.79 Å². The molecular weight excluding hydrogens is 448 g/mol. The van der Waals surface area contributed by atoms with E-state index in [1.807, 2.05) is 0 Å². The molecule has 0 aromatic carbocycles. The minimum atomic E-state index is -0.0936. The van der Waals surface area contributed by atoms with Crippen LogP contribution in [0.5, 0.6) is 0 Å². The number of amidine groups is 2. The van der Waals surface area contributed by atoms with E-state index in [2.05, 4.69) is 89.7 Å². The summed E-state index contributed by atoms with van der Waals surface area (Å²) in [5.41, 5.74) is 0.535. The third-order valence-corrected chi connectivity index (χ3v) is 6.78. The van der Waals surface area contributed by atoms with Crippen molar-refractivity contribution in [2.45, 2.75) is 94.9 Å². The van der Waals surface area contributed by atoms with Gasteiger partial charge in [0.15, 0.2) is 0 Å². The SMILES string of the molecule is CC(C)(C)CC(C)(C)C1=NCCCN1CCNC(=O)NCCN1CCCN=C1C(C)(C)CC(C)(C)C. The molecule has 0 bridgehead atoms. The summed E-state index contributed by atoms with van der Waals surface area (Å²) >= 11 is 0. The van der Waals surface area contributed by atoms with E-state index < -0.39 is 0 Å². The monoisotopic (exact) mass is 504 g/mol. The summed E-state index contributed by atoms with van der Waals surface area (Å²) in [5.74, 6) is 2.39. The maximum Gasteiger partial charge on any atom is 0.314 e. The number of urea groups is 1. The van der Waals surface area contributed by atoms with Crippen molar-refractivity contribution < 1.29 is 4.79 Å². The Labute approximate surface area is 222 Å². The number of amides is 2. The Balaban J connectivity index is 1.81. The predicted octanol–water partition coefficient (Wildman–Crippen LogP) is 5.42. The highest BCUT2D eigenvalue weighted by molar-refractivity contribution is 5.88. The Morgan fingerprint density at radius 3 is 1.39 bits per heavy atom. The van der Waals surface area contributed by atoms with Crippen LogP contribution in [0.4, 0.5) is 4.79 Å². The summed E-state index contributed by atoms with van der Waals surface area (Å²) in [5, 5.41) is 6.13. The Bertz CT molecular complexity index is 721. The molecule has 0 saturated carbocycles. The zero-order valence-corrected chi connectivity index (χ0v) is 25.2. The molecule has 0 atom stereocenters. The van der Waals surface area contributed by atoms with Gasteiger partial charge in [0, 0.05) is 63.2 Å². The summed E-state index contributed by atoms with van der Waals surface area (Å²) < 4.78 is 0. The van der Waals surface area contributed by atoms with Crippen molar-refractivity contribution in [3.05, 3.63) is 0 Å². The largest absolute Gasteiger partial charge is 0.358 e. The molecule has 0 aliphatic carbocycles. The van der Waals surface area contributed by atoms with Crippen molar-refractivity contribution in [1.29, 1.82) is 0 Å².